The molecule has 1 radical (unpaired) electrons. The number of nitrogens with two attached hydrogens (primary N) is 1. The Morgan fingerprint density at radius 1 is 1.33 bits per heavy atom. The molecule has 0 bridgehead atoms. The first-order valence-corrected chi connectivity index (χ1v) is 4.60. The SMILES string of the molecule is N[C@H]1C([Se])O[C@H](CO)[C@@H](O)[C@@H]1O. The summed E-state index contributed by atoms with van der Waals surface area (Å²) >= 11 is 2.61. The van der Waals surface area contributed by atoms with Gasteiger partial charge in [-0.05, 0) is 0 Å². The van der Waals surface area contributed by atoms with Crippen molar-refractivity contribution in [2.24, 2.45) is 5.73 Å². The van der Waals surface area contributed by atoms with Crippen LogP contribution >= 0.6 is 0 Å². The summed E-state index contributed by atoms with van der Waals surface area (Å²) in [6, 6.07) is -0.650. The maximum atomic E-state index is 9.33. The van der Waals surface area contributed by atoms with E-state index in [2.05, 4.69) is 16.0 Å². The van der Waals surface area contributed by atoms with Gasteiger partial charge >= 0.3 is 77.8 Å². The second-order valence-electron chi connectivity index (χ2n) is 2.78. The van der Waals surface area contributed by atoms with Crippen molar-refractivity contribution in [3.05, 3.63) is 0 Å². The summed E-state index contributed by atoms with van der Waals surface area (Å²) < 4.78 is 5.09. The average molecular weight is 241 g/mol. The molecule has 12 heavy (non-hydrogen) atoms. The van der Waals surface area contributed by atoms with Crippen LogP contribution in [0.2, 0.25) is 0 Å². The summed E-state index contributed by atoms with van der Waals surface area (Å²) in [4.78, 5) is 0. The van der Waals surface area contributed by atoms with E-state index < -0.39 is 29.4 Å². The second kappa shape index (κ2) is 4.02. The summed E-state index contributed by atoms with van der Waals surface area (Å²) in [6.45, 7) is -0.330. The molecule has 1 fully saturated rings. The van der Waals surface area contributed by atoms with Crippen LogP contribution in [0.3, 0.4) is 0 Å². The normalized spacial score (nSPS) is 49.2. The molecule has 0 amide bonds. The quantitative estimate of drug-likeness (QED) is 0.365. The van der Waals surface area contributed by atoms with Crippen LogP contribution in [0.25, 0.3) is 0 Å². The van der Waals surface area contributed by atoms with E-state index in [9.17, 15) is 10.2 Å². The van der Waals surface area contributed by atoms with Crippen LogP contribution in [0, 0.1) is 0 Å². The number of aliphatic hydroxyl groups is 3. The Hall–Kier alpha value is 0.319. The van der Waals surface area contributed by atoms with Crippen molar-refractivity contribution < 1.29 is 20.1 Å². The predicted molar refractivity (Wildman–Crippen MR) is 41.5 cm³/mol. The summed E-state index contributed by atoms with van der Waals surface area (Å²) in [5, 5.41) is 26.9. The molecule has 0 saturated carbocycles. The van der Waals surface area contributed by atoms with E-state index in [0.29, 0.717) is 0 Å². The zero-order valence-corrected chi connectivity index (χ0v) is 8.04. The first-order chi connectivity index (χ1) is 5.57. The number of aliphatic hydroxyl groups excluding tert-OH is 3. The first kappa shape index (κ1) is 10.4. The van der Waals surface area contributed by atoms with Crippen LogP contribution < -0.4 is 5.73 Å². The maximum absolute atomic E-state index is 9.33. The van der Waals surface area contributed by atoms with Crippen molar-refractivity contribution in [2.45, 2.75) is 29.4 Å². The van der Waals surface area contributed by atoms with Crippen LogP contribution in [0.15, 0.2) is 0 Å². The Morgan fingerprint density at radius 2 is 1.92 bits per heavy atom. The van der Waals surface area contributed by atoms with E-state index in [1.807, 2.05) is 0 Å². The van der Waals surface area contributed by atoms with Crippen LogP contribution in [0.5, 0.6) is 0 Å². The fourth-order valence-corrected chi connectivity index (χ4v) is 1.74. The van der Waals surface area contributed by atoms with Gasteiger partial charge in [-0.15, -0.1) is 0 Å². The summed E-state index contributed by atoms with van der Waals surface area (Å²) in [6.07, 6.45) is -2.93. The third-order valence-electron chi connectivity index (χ3n) is 1.93. The Labute approximate surface area is 78.3 Å². The summed E-state index contributed by atoms with van der Waals surface area (Å²) in [5.74, 6) is 0. The number of hydrogen-bond acceptors (Lipinski definition) is 5. The molecule has 1 aliphatic heterocycles. The number of ether oxygens (including phenoxy) is 1. The van der Waals surface area contributed by atoms with Gasteiger partial charge in [0.25, 0.3) is 0 Å². The van der Waals surface area contributed by atoms with Crippen molar-refractivity contribution in [2.75, 3.05) is 6.61 Å². The van der Waals surface area contributed by atoms with Gasteiger partial charge in [-0.3, -0.25) is 0 Å². The Morgan fingerprint density at radius 3 is 2.42 bits per heavy atom. The molecule has 5 N–H and O–H groups in total. The average Bonchev–Trinajstić information content (AvgIpc) is 2.08. The van der Waals surface area contributed by atoms with E-state index >= 15 is 0 Å². The van der Waals surface area contributed by atoms with Crippen LogP contribution in [0.4, 0.5) is 0 Å². The van der Waals surface area contributed by atoms with E-state index in [0.717, 1.165) is 0 Å². The van der Waals surface area contributed by atoms with Crippen molar-refractivity contribution in [3.8, 4) is 0 Å². The molecule has 0 aromatic rings. The third-order valence-corrected chi connectivity index (χ3v) is 2.82. The Balaban J connectivity index is 2.63. The van der Waals surface area contributed by atoms with Gasteiger partial charge in [0.15, 0.2) is 0 Å². The van der Waals surface area contributed by atoms with Crippen LogP contribution in [-0.4, -0.2) is 67.3 Å². The topological polar surface area (TPSA) is 95.9 Å². The van der Waals surface area contributed by atoms with Gasteiger partial charge < -0.3 is 0 Å². The van der Waals surface area contributed by atoms with Gasteiger partial charge in [-0.25, -0.2) is 0 Å². The fourth-order valence-electron chi connectivity index (χ4n) is 1.10. The van der Waals surface area contributed by atoms with Gasteiger partial charge in [0, 0.05) is 0 Å². The predicted octanol–water partition coefficient (Wildman–Crippen LogP) is -3.08. The van der Waals surface area contributed by atoms with E-state index in [4.69, 9.17) is 15.6 Å². The zero-order chi connectivity index (χ0) is 9.30. The fraction of sp³-hybridized carbons (Fsp3) is 1.00. The van der Waals surface area contributed by atoms with Crippen LogP contribution in [0.1, 0.15) is 0 Å². The Bertz CT molecular complexity index is 154. The molecule has 1 unspecified atom stereocenters. The van der Waals surface area contributed by atoms with Crippen molar-refractivity contribution in [1.82, 2.24) is 0 Å². The molecule has 0 aliphatic carbocycles. The van der Waals surface area contributed by atoms with E-state index in [1.54, 1.807) is 0 Å². The monoisotopic (exact) mass is 242 g/mol. The molecule has 71 valence electrons. The molecular weight excluding hydrogens is 229 g/mol. The van der Waals surface area contributed by atoms with Gasteiger partial charge in [0.1, 0.15) is 0 Å². The molecule has 0 aromatic heterocycles. The molecular formula is C6H12NO4Se. The van der Waals surface area contributed by atoms with Gasteiger partial charge in [-0.2, -0.15) is 0 Å². The van der Waals surface area contributed by atoms with E-state index in [-0.39, 0.29) is 6.61 Å². The van der Waals surface area contributed by atoms with Crippen molar-refractivity contribution >= 4 is 16.0 Å². The standard InChI is InChI=1S/C6H12NO4Se/c7-3-5(10)4(9)2(1-8)11-6(3)12/h2-6,8-10H,1,7H2/t2-,3-,4-,5-,6?/m1/s1. The molecule has 5 nitrogen and oxygen atoms in total. The minimum atomic E-state index is -1.12. The number of hydrogen-bond donors (Lipinski definition) is 4. The third kappa shape index (κ3) is 1.80. The van der Waals surface area contributed by atoms with Gasteiger partial charge in [0.2, 0.25) is 0 Å². The molecule has 1 rings (SSSR count). The molecule has 0 spiro atoms. The second-order valence-corrected chi connectivity index (χ2v) is 3.76. The molecule has 1 heterocycles. The van der Waals surface area contributed by atoms with Gasteiger partial charge in [-0.1, -0.05) is 0 Å². The van der Waals surface area contributed by atoms with Gasteiger partial charge in [0.05, 0.1) is 0 Å². The molecule has 5 atom stereocenters. The van der Waals surface area contributed by atoms with Crippen LogP contribution in [-0.2, 0) is 4.74 Å². The number of rotatable bonds is 1. The van der Waals surface area contributed by atoms with Crippen molar-refractivity contribution in [1.29, 1.82) is 0 Å². The molecule has 1 saturated heterocycles. The Kier molecular flexibility index (Phi) is 3.48. The van der Waals surface area contributed by atoms with Crippen molar-refractivity contribution in [3.63, 3.8) is 0 Å². The molecule has 1 aliphatic rings. The van der Waals surface area contributed by atoms with E-state index in [1.165, 1.54) is 0 Å². The summed E-state index contributed by atoms with van der Waals surface area (Å²) in [7, 11) is 0. The zero-order valence-electron chi connectivity index (χ0n) is 6.33. The first-order valence-electron chi connectivity index (χ1n) is 3.61. The summed E-state index contributed by atoms with van der Waals surface area (Å²) in [5.41, 5.74) is 5.48. The molecule has 0 aromatic carbocycles. The molecule has 6 heteroatoms. The minimum absolute atomic E-state index is 0.330.